The maximum Gasteiger partial charge on any atom is 0.338 e. The molecule has 0 bridgehead atoms. The van der Waals surface area contributed by atoms with E-state index in [1.165, 1.54) is 5.56 Å². The van der Waals surface area contributed by atoms with Crippen LogP contribution in [-0.4, -0.2) is 25.1 Å². The first-order chi connectivity index (χ1) is 14.7. The average molecular weight is 403 g/mol. The number of rotatable bonds is 9. The van der Waals surface area contributed by atoms with Gasteiger partial charge in [-0.05, 0) is 48.4 Å². The standard InChI is InChI=1S/C25H25NO4/c1-2-17-30-25(28)20-12-14-21(15-13-20)26-24(27)22-10-6-7-11-23(22)29-18-16-19-8-4-3-5-9-19/h3-15H,2,16-18H2,1H3,(H,26,27). The summed E-state index contributed by atoms with van der Waals surface area (Å²) in [5.41, 5.74) is 2.67. The molecule has 0 aliphatic carbocycles. The average Bonchev–Trinajstić information content (AvgIpc) is 2.79. The predicted octanol–water partition coefficient (Wildman–Crippen LogP) is 5.13. The molecule has 1 N–H and O–H groups in total. The molecular weight excluding hydrogens is 378 g/mol. The van der Waals surface area contributed by atoms with Crippen molar-refractivity contribution in [3.8, 4) is 5.75 Å². The van der Waals surface area contributed by atoms with Crippen LogP contribution in [0.25, 0.3) is 0 Å². The molecule has 0 radical (unpaired) electrons. The zero-order chi connectivity index (χ0) is 21.2. The third-order valence-electron chi connectivity index (χ3n) is 4.44. The number of hydrogen-bond acceptors (Lipinski definition) is 4. The molecule has 0 atom stereocenters. The Kier molecular flexibility index (Phi) is 7.61. The minimum Gasteiger partial charge on any atom is -0.492 e. The zero-order valence-electron chi connectivity index (χ0n) is 17.0. The summed E-state index contributed by atoms with van der Waals surface area (Å²) >= 11 is 0. The van der Waals surface area contributed by atoms with Crippen molar-refractivity contribution in [3.05, 3.63) is 95.6 Å². The first-order valence-corrected chi connectivity index (χ1v) is 10.0. The van der Waals surface area contributed by atoms with Crippen molar-refractivity contribution >= 4 is 17.6 Å². The van der Waals surface area contributed by atoms with Crippen LogP contribution in [-0.2, 0) is 11.2 Å². The Morgan fingerprint density at radius 1 is 0.833 bits per heavy atom. The van der Waals surface area contributed by atoms with E-state index in [1.807, 2.05) is 43.3 Å². The molecule has 154 valence electrons. The van der Waals surface area contributed by atoms with Crippen LogP contribution in [0.15, 0.2) is 78.9 Å². The van der Waals surface area contributed by atoms with Gasteiger partial charge in [-0.3, -0.25) is 4.79 Å². The number of carbonyl (C=O) groups is 2. The Morgan fingerprint density at radius 2 is 1.53 bits per heavy atom. The SMILES string of the molecule is CCCOC(=O)c1ccc(NC(=O)c2ccccc2OCCc2ccccc2)cc1. The second-order valence-corrected chi connectivity index (χ2v) is 6.75. The van der Waals surface area contributed by atoms with E-state index in [-0.39, 0.29) is 11.9 Å². The van der Waals surface area contributed by atoms with Gasteiger partial charge < -0.3 is 14.8 Å². The molecule has 0 aliphatic heterocycles. The van der Waals surface area contributed by atoms with Crippen LogP contribution in [0.2, 0.25) is 0 Å². The Bertz CT molecular complexity index is 968. The predicted molar refractivity (Wildman–Crippen MR) is 117 cm³/mol. The number of esters is 1. The van der Waals surface area contributed by atoms with Gasteiger partial charge in [-0.1, -0.05) is 49.4 Å². The van der Waals surface area contributed by atoms with Gasteiger partial charge in [-0.25, -0.2) is 4.79 Å². The molecule has 0 unspecified atom stereocenters. The maximum atomic E-state index is 12.7. The first-order valence-electron chi connectivity index (χ1n) is 10.0. The first kappa shape index (κ1) is 21.1. The van der Waals surface area contributed by atoms with Gasteiger partial charge in [0, 0.05) is 12.1 Å². The topological polar surface area (TPSA) is 64.6 Å². The van der Waals surface area contributed by atoms with Crippen molar-refractivity contribution in [1.29, 1.82) is 0 Å². The lowest BCUT2D eigenvalue weighted by molar-refractivity contribution is 0.0505. The van der Waals surface area contributed by atoms with Crippen LogP contribution in [0.3, 0.4) is 0 Å². The van der Waals surface area contributed by atoms with E-state index in [4.69, 9.17) is 9.47 Å². The molecule has 0 heterocycles. The fourth-order valence-electron chi connectivity index (χ4n) is 2.87. The highest BCUT2D eigenvalue weighted by atomic mass is 16.5. The monoisotopic (exact) mass is 403 g/mol. The third kappa shape index (κ3) is 5.95. The van der Waals surface area contributed by atoms with Crippen LogP contribution < -0.4 is 10.1 Å². The molecule has 5 nitrogen and oxygen atoms in total. The molecule has 0 spiro atoms. The number of anilines is 1. The molecule has 1 amide bonds. The van der Waals surface area contributed by atoms with Crippen molar-refractivity contribution in [1.82, 2.24) is 0 Å². The minimum atomic E-state index is -0.369. The normalized spacial score (nSPS) is 10.3. The number of ether oxygens (including phenoxy) is 2. The maximum absolute atomic E-state index is 12.7. The third-order valence-corrected chi connectivity index (χ3v) is 4.44. The summed E-state index contributed by atoms with van der Waals surface area (Å²) in [5.74, 6) is -0.107. The van der Waals surface area contributed by atoms with Crippen LogP contribution in [0.5, 0.6) is 5.75 Å². The summed E-state index contributed by atoms with van der Waals surface area (Å²) in [6.45, 7) is 2.80. The fourth-order valence-corrected chi connectivity index (χ4v) is 2.87. The molecule has 3 aromatic rings. The molecule has 30 heavy (non-hydrogen) atoms. The lowest BCUT2D eigenvalue weighted by atomic mass is 10.1. The van der Waals surface area contributed by atoms with E-state index in [0.717, 1.165) is 12.8 Å². The molecule has 0 fully saturated rings. The number of hydrogen-bond donors (Lipinski definition) is 1. The zero-order valence-corrected chi connectivity index (χ0v) is 17.0. The van der Waals surface area contributed by atoms with E-state index in [9.17, 15) is 9.59 Å². The lowest BCUT2D eigenvalue weighted by Crippen LogP contribution is -2.14. The highest BCUT2D eigenvalue weighted by Gasteiger charge is 2.13. The van der Waals surface area contributed by atoms with Crippen LogP contribution >= 0.6 is 0 Å². The highest BCUT2D eigenvalue weighted by Crippen LogP contribution is 2.20. The second-order valence-electron chi connectivity index (χ2n) is 6.75. The molecule has 0 aliphatic rings. The smallest absolute Gasteiger partial charge is 0.338 e. The summed E-state index contributed by atoms with van der Waals surface area (Å²) in [5, 5.41) is 2.84. The van der Waals surface area contributed by atoms with E-state index in [1.54, 1.807) is 42.5 Å². The van der Waals surface area contributed by atoms with Crippen molar-refractivity contribution in [2.75, 3.05) is 18.5 Å². The van der Waals surface area contributed by atoms with Crippen molar-refractivity contribution < 1.29 is 19.1 Å². The molecule has 0 aromatic heterocycles. The van der Waals surface area contributed by atoms with Gasteiger partial charge in [0.05, 0.1) is 24.3 Å². The number of nitrogens with one attached hydrogen (secondary N) is 1. The highest BCUT2D eigenvalue weighted by molar-refractivity contribution is 6.06. The summed E-state index contributed by atoms with van der Waals surface area (Å²) in [6.07, 6.45) is 1.53. The molecule has 0 saturated heterocycles. The van der Waals surface area contributed by atoms with Crippen molar-refractivity contribution in [2.45, 2.75) is 19.8 Å². The van der Waals surface area contributed by atoms with Gasteiger partial charge in [0.1, 0.15) is 5.75 Å². The number of amides is 1. The minimum absolute atomic E-state index is 0.272. The van der Waals surface area contributed by atoms with Gasteiger partial charge >= 0.3 is 5.97 Å². The number of benzene rings is 3. The summed E-state index contributed by atoms with van der Waals surface area (Å²) < 4.78 is 11.0. The lowest BCUT2D eigenvalue weighted by Gasteiger charge is -2.12. The van der Waals surface area contributed by atoms with Gasteiger partial charge in [0.15, 0.2) is 0 Å². The molecule has 5 heteroatoms. The Morgan fingerprint density at radius 3 is 2.27 bits per heavy atom. The summed E-state index contributed by atoms with van der Waals surface area (Å²) in [7, 11) is 0. The Labute approximate surface area is 176 Å². The summed E-state index contributed by atoms with van der Waals surface area (Å²) in [6, 6.07) is 23.8. The van der Waals surface area contributed by atoms with Gasteiger partial charge in [0.2, 0.25) is 0 Å². The number of para-hydroxylation sites is 1. The molecule has 0 saturated carbocycles. The molecule has 3 aromatic carbocycles. The van der Waals surface area contributed by atoms with Gasteiger partial charge in [-0.2, -0.15) is 0 Å². The van der Waals surface area contributed by atoms with Crippen LogP contribution in [0, 0.1) is 0 Å². The Hall–Kier alpha value is -3.60. The fraction of sp³-hybridized carbons (Fsp3) is 0.200. The van der Waals surface area contributed by atoms with E-state index >= 15 is 0 Å². The molecule has 3 rings (SSSR count). The van der Waals surface area contributed by atoms with Gasteiger partial charge in [-0.15, -0.1) is 0 Å². The van der Waals surface area contributed by atoms with Crippen molar-refractivity contribution in [2.24, 2.45) is 0 Å². The largest absolute Gasteiger partial charge is 0.492 e. The van der Waals surface area contributed by atoms with E-state index < -0.39 is 0 Å². The van der Waals surface area contributed by atoms with Gasteiger partial charge in [0.25, 0.3) is 5.91 Å². The van der Waals surface area contributed by atoms with Crippen LogP contribution in [0.1, 0.15) is 39.6 Å². The van der Waals surface area contributed by atoms with E-state index in [2.05, 4.69) is 5.32 Å². The van der Waals surface area contributed by atoms with Crippen LogP contribution in [0.4, 0.5) is 5.69 Å². The number of carbonyl (C=O) groups excluding carboxylic acids is 2. The van der Waals surface area contributed by atoms with Crippen molar-refractivity contribution in [3.63, 3.8) is 0 Å². The molecular formula is C25H25NO4. The van der Waals surface area contributed by atoms with E-state index in [0.29, 0.717) is 35.8 Å². The Balaban J connectivity index is 1.60. The second kappa shape index (κ2) is 10.8. The quantitative estimate of drug-likeness (QED) is 0.503. The summed E-state index contributed by atoms with van der Waals surface area (Å²) in [4.78, 5) is 24.6.